The molecule has 5 nitrogen and oxygen atoms in total. The average molecular weight is 350 g/mol. The third kappa shape index (κ3) is 8.77. The first kappa shape index (κ1) is 21.3. The SMILES string of the molecule is CCNC(=NCC(CCO)CC(C)C)NCCc1ccccc1OC. The molecule has 0 aromatic heterocycles. The fraction of sp³-hybridized carbons (Fsp3) is 0.650. The first-order chi connectivity index (χ1) is 12.1. The Labute approximate surface area is 152 Å². The fourth-order valence-corrected chi connectivity index (χ4v) is 2.92. The molecule has 0 aliphatic rings. The van der Waals surface area contributed by atoms with Crippen LogP contribution in [0.3, 0.4) is 0 Å². The van der Waals surface area contributed by atoms with Crippen LogP contribution in [-0.2, 0) is 6.42 Å². The van der Waals surface area contributed by atoms with Crippen LogP contribution in [-0.4, -0.2) is 44.4 Å². The summed E-state index contributed by atoms with van der Waals surface area (Å²) in [5.41, 5.74) is 1.19. The number of rotatable bonds is 11. The van der Waals surface area contributed by atoms with Crippen molar-refractivity contribution in [1.82, 2.24) is 10.6 Å². The van der Waals surface area contributed by atoms with Crippen LogP contribution < -0.4 is 15.4 Å². The molecule has 1 aromatic carbocycles. The molecule has 0 heterocycles. The molecule has 0 spiro atoms. The zero-order valence-electron chi connectivity index (χ0n) is 16.2. The van der Waals surface area contributed by atoms with Gasteiger partial charge in [0.1, 0.15) is 5.75 Å². The van der Waals surface area contributed by atoms with Crippen molar-refractivity contribution in [2.75, 3.05) is 33.4 Å². The molecule has 1 atom stereocenters. The lowest BCUT2D eigenvalue weighted by Gasteiger charge is -2.17. The molecule has 0 amide bonds. The van der Waals surface area contributed by atoms with Crippen molar-refractivity contribution >= 4 is 5.96 Å². The summed E-state index contributed by atoms with van der Waals surface area (Å²) in [6.07, 6.45) is 2.77. The van der Waals surface area contributed by atoms with Crippen LogP contribution in [0.4, 0.5) is 0 Å². The van der Waals surface area contributed by atoms with Crippen molar-refractivity contribution < 1.29 is 9.84 Å². The number of aliphatic hydroxyl groups is 1. The second-order valence-corrected chi connectivity index (χ2v) is 6.72. The molecule has 0 bridgehead atoms. The van der Waals surface area contributed by atoms with Crippen molar-refractivity contribution in [3.05, 3.63) is 29.8 Å². The topological polar surface area (TPSA) is 65.9 Å². The highest BCUT2D eigenvalue weighted by Gasteiger charge is 2.10. The van der Waals surface area contributed by atoms with Crippen LogP contribution >= 0.6 is 0 Å². The second kappa shape index (κ2) is 12.6. The first-order valence-corrected chi connectivity index (χ1v) is 9.35. The molecule has 25 heavy (non-hydrogen) atoms. The number of nitrogens with zero attached hydrogens (tertiary/aromatic N) is 1. The minimum Gasteiger partial charge on any atom is -0.496 e. The zero-order valence-corrected chi connectivity index (χ0v) is 16.2. The van der Waals surface area contributed by atoms with Crippen LogP contribution in [0.15, 0.2) is 29.3 Å². The predicted octanol–water partition coefficient (Wildman–Crippen LogP) is 2.84. The molecule has 0 radical (unpaired) electrons. The number of aliphatic imine (C=N–C) groups is 1. The Hall–Kier alpha value is -1.75. The van der Waals surface area contributed by atoms with E-state index in [-0.39, 0.29) is 6.61 Å². The molecule has 3 N–H and O–H groups in total. The minimum atomic E-state index is 0.227. The van der Waals surface area contributed by atoms with Gasteiger partial charge in [-0.1, -0.05) is 32.0 Å². The minimum absolute atomic E-state index is 0.227. The maximum absolute atomic E-state index is 9.24. The highest BCUT2D eigenvalue weighted by Crippen LogP contribution is 2.17. The predicted molar refractivity (Wildman–Crippen MR) is 105 cm³/mol. The van der Waals surface area contributed by atoms with Crippen molar-refractivity contribution in [3.63, 3.8) is 0 Å². The lowest BCUT2D eigenvalue weighted by atomic mass is 9.94. The summed E-state index contributed by atoms with van der Waals surface area (Å²) in [6.45, 7) is 9.08. The van der Waals surface area contributed by atoms with Crippen LogP contribution in [0.2, 0.25) is 0 Å². The standard InChI is InChI=1S/C20H35N3O2/c1-5-21-20(23-15-17(11-13-24)14-16(2)3)22-12-10-18-8-6-7-9-19(18)25-4/h6-9,16-17,24H,5,10-15H2,1-4H3,(H2,21,22,23). The molecular formula is C20H35N3O2. The first-order valence-electron chi connectivity index (χ1n) is 9.35. The van der Waals surface area contributed by atoms with Gasteiger partial charge < -0.3 is 20.5 Å². The lowest BCUT2D eigenvalue weighted by Crippen LogP contribution is -2.38. The summed E-state index contributed by atoms with van der Waals surface area (Å²) in [7, 11) is 1.70. The number of methoxy groups -OCH3 is 1. The van der Waals surface area contributed by atoms with Crippen molar-refractivity contribution in [1.29, 1.82) is 0 Å². The molecule has 0 aliphatic carbocycles. The summed E-state index contributed by atoms with van der Waals surface area (Å²) in [5, 5.41) is 15.9. The van der Waals surface area contributed by atoms with Crippen LogP contribution in [0, 0.1) is 11.8 Å². The van der Waals surface area contributed by atoms with E-state index in [1.807, 2.05) is 18.2 Å². The Morgan fingerprint density at radius 2 is 2.00 bits per heavy atom. The molecule has 1 unspecified atom stereocenters. The van der Waals surface area contributed by atoms with Gasteiger partial charge in [0, 0.05) is 26.2 Å². The van der Waals surface area contributed by atoms with Gasteiger partial charge in [-0.3, -0.25) is 4.99 Å². The second-order valence-electron chi connectivity index (χ2n) is 6.72. The van der Waals surface area contributed by atoms with E-state index in [4.69, 9.17) is 9.73 Å². The number of aliphatic hydroxyl groups excluding tert-OH is 1. The van der Waals surface area contributed by atoms with E-state index in [9.17, 15) is 5.11 Å². The zero-order chi connectivity index (χ0) is 18.5. The summed E-state index contributed by atoms with van der Waals surface area (Å²) < 4.78 is 5.40. The van der Waals surface area contributed by atoms with E-state index in [0.29, 0.717) is 11.8 Å². The largest absolute Gasteiger partial charge is 0.496 e. The monoisotopic (exact) mass is 349 g/mol. The molecule has 5 heteroatoms. The van der Waals surface area contributed by atoms with Gasteiger partial charge in [-0.2, -0.15) is 0 Å². The van der Waals surface area contributed by atoms with Crippen molar-refractivity contribution in [3.8, 4) is 5.75 Å². The Morgan fingerprint density at radius 1 is 1.24 bits per heavy atom. The van der Waals surface area contributed by atoms with Gasteiger partial charge in [-0.25, -0.2) is 0 Å². The Kier molecular flexibility index (Phi) is 10.7. The van der Waals surface area contributed by atoms with Gasteiger partial charge in [0.25, 0.3) is 0 Å². The fourth-order valence-electron chi connectivity index (χ4n) is 2.92. The van der Waals surface area contributed by atoms with E-state index >= 15 is 0 Å². The normalized spacial score (nSPS) is 13.0. The van der Waals surface area contributed by atoms with Crippen molar-refractivity contribution in [2.24, 2.45) is 16.8 Å². The third-order valence-corrected chi connectivity index (χ3v) is 4.07. The van der Waals surface area contributed by atoms with E-state index in [2.05, 4.69) is 37.5 Å². The number of para-hydroxylation sites is 1. The molecule has 0 saturated heterocycles. The lowest BCUT2D eigenvalue weighted by molar-refractivity contribution is 0.245. The van der Waals surface area contributed by atoms with Crippen LogP contribution in [0.25, 0.3) is 0 Å². The summed E-state index contributed by atoms with van der Waals surface area (Å²) in [6, 6.07) is 8.09. The summed E-state index contributed by atoms with van der Waals surface area (Å²) >= 11 is 0. The van der Waals surface area contributed by atoms with Gasteiger partial charge in [-0.15, -0.1) is 0 Å². The maximum atomic E-state index is 9.24. The summed E-state index contributed by atoms with van der Waals surface area (Å²) in [5.74, 6) is 2.80. The number of guanidine groups is 1. The summed E-state index contributed by atoms with van der Waals surface area (Å²) in [4.78, 5) is 4.71. The molecule has 0 aliphatic heterocycles. The molecule has 1 aromatic rings. The van der Waals surface area contributed by atoms with Crippen LogP contribution in [0.5, 0.6) is 5.75 Å². The van der Waals surface area contributed by atoms with E-state index in [0.717, 1.165) is 50.6 Å². The van der Waals surface area contributed by atoms with E-state index < -0.39 is 0 Å². The highest BCUT2D eigenvalue weighted by molar-refractivity contribution is 5.79. The Bertz CT molecular complexity index is 503. The molecule has 0 fully saturated rings. The number of benzene rings is 1. The van der Waals surface area contributed by atoms with Crippen LogP contribution in [0.1, 0.15) is 39.2 Å². The third-order valence-electron chi connectivity index (χ3n) is 4.07. The highest BCUT2D eigenvalue weighted by atomic mass is 16.5. The van der Waals surface area contributed by atoms with Gasteiger partial charge >= 0.3 is 0 Å². The number of ether oxygens (including phenoxy) is 1. The molecule has 0 saturated carbocycles. The van der Waals surface area contributed by atoms with Gasteiger partial charge in [-0.05, 0) is 49.7 Å². The molecule has 142 valence electrons. The number of nitrogens with one attached hydrogen (secondary N) is 2. The molecular weight excluding hydrogens is 314 g/mol. The smallest absolute Gasteiger partial charge is 0.191 e. The van der Waals surface area contributed by atoms with Crippen molar-refractivity contribution in [2.45, 2.75) is 40.0 Å². The van der Waals surface area contributed by atoms with E-state index in [1.165, 1.54) is 5.56 Å². The number of hydrogen-bond donors (Lipinski definition) is 3. The van der Waals surface area contributed by atoms with E-state index in [1.54, 1.807) is 7.11 Å². The maximum Gasteiger partial charge on any atom is 0.191 e. The Morgan fingerprint density at radius 3 is 2.64 bits per heavy atom. The Balaban J connectivity index is 2.57. The number of hydrogen-bond acceptors (Lipinski definition) is 3. The quantitative estimate of drug-likeness (QED) is 0.424. The van der Waals surface area contributed by atoms with Gasteiger partial charge in [0.15, 0.2) is 5.96 Å². The van der Waals surface area contributed by atoms with Gasteiger partial charge in [0.05, 0.1) is 7.11 Å². The molecule has 1 rings (SSSR count). The van der Waals surface area contributed by atoms with Gasteiger partial charge in [0.2, 0.25) is 0 Å². The average Bonchev–Trinajstić information content (AvgIpc) is 2.59.